The molecule has 1 amide bonds. The Hall–Kier alpha value is -1.58. The molecule has 0 aromatic heterocycles. The molecule has 1 aromatic carbocycles. The van der Waals surface area contributed by atoms with Crippen molar-refractivity contribution in [1.82, 2.24) is 9.62 Å². The van der Waals surface area contributed by atoms with E-state index < -0.39 is 0 Å². The van der Waals surface area contributed by atoms with E-state index in [9.17, 15) is 4.79 Å². The zero-order chi connectivity index (χ0) is 29.6. The molecule has 1 saturated heterocycles. The van der Waals surface area contributed by atoms with Gasteiger partial charge in [0.25, 0.3) is 0 Å². The summed E-state index contributed by atoms with van der Waals surface area (Å²) in [7, 11) is 5.21. The number of fused-ring (bicyclic) bond motifs is 1. The van der Waals surface area contributed by atoms with Crippen molar-refractivity contribution in [3.8, 4) is 5.75 Å². The smallest absolute Gasteiger partial charge is 0.207 e. The van der Waals surface area contributed by atoms with Crippen LogP contribution in [-0.2, 0) is 19.0 Å². The molecular formula is C31H56N2O5S. The molecule has 1 aromatic rings. The molecule has 2 fully saturated rings. The molecule has 7 nitrogen and oxygen atoms in total. The van der Waals surface area contributed by atoms with Crippen molar-refractivity contribution in [1.29, 1.82) is 0 Å². The maximum Gasteiger partial charge on any atom is 0.207 e. The van der Waals surface area contributed by atoms with E-state index in [1.807, 2.05) is 40.0 Å². The number of rotatable bonds is 12. The molecular weight excluding hydrogens is 512 g/mol. The van der Waals surface area contributed by atoms with Gasteiger partial charge in [0.2, 0.25) is 6.41 Å². The first-order valence-corrected chi connectivity index (χ1v) is 15.1. The van der Waals surface area contributed by atoms with Crippen LogP contribution in [0.1, 0.15) is 60.8 Å². The van der Waals surface area contributed by atoms with Gasteiger partial charge in [-0.15, -0.1) is 6.58 Å². The van der Waals surface area contributed by atoms with E-state index in [1.165, 1.54) is 17.7 Å². The van der Waals surface area contributed by atoms with Crippen molar-refractivity contribution < 1.29 is 23.7 Å². The van der Waals surface area contributed by atoms with Crippen molar-refractivity contribution >= 4 is 18.4 Å². The van der Waals surface area contributed by atoms with Crippen LogP contribution in [0, 0.1) is 23.7 Å². The Bertz CT molecular complexity index is 734. The van der Waals surface area contributed by atoms with Gasteiger partial charge in [0.05, 0.1) is 19.8 Å². The van der Waals surface area contributed by atoms with Gasteiger partial charge >= 0.3 is 0 Å². The van der Waals surface area contributed by atoms with Crippen LogP contribution in [0.25, 0.3) is 0 Å². The minimum absolute atomic E-state index is 0.00477. The first-order valence-electron chi connectivity index (χ1n) is 14.3. The second-order valence-electron chi connectivity index (χ2n) is 9.90. The standard InChI is InChI=1S/C15H24N2O2S.C11H20O3.C3H6.C2H6/c1-13(2)11-17(10-4-9-16-12-18)20-15-7-5-14(19-3)6-8-15;1-7-4-5-8-9(10(7)12-2)6-14-11(8)13-3;1-3-2;1-2/h5-8,12-13H,4,9-11H2,1-3H3,(H,16,18);7-11H,4-6H2,1-3H3;3H,1H2,2H3;1-2H3. The van der Waals surface area contributed by atoms with E-state index in [0.717, 1.165) is 44.8 Å². The zero-order valence-electron chi connectivity index (χ0n) is 26.0. The lowest BCUT2D eigenvalue weighted by molar-refractivity contribution is -0.116. The summed E-state index contributed by atoms with van der Waals surface area (Å²) in [6.07, 6.45) is 6.25. The van der Waals surface area contributed by atoms with Gasteiger partial charge in [0, 0.05) is 50.6 Å². The molecule has 1 aliphatic heterocycles. The minimum atomic E-state index is 0.00477. The van der Waals surface area contributed by atoms with Gasteiger partial charge in [-0.1, -0.05) is 40.7 Å². The average molecular weight is 569 g/mol. The molecule has 0 bridgehead atoms. The van der Waals surface area contributed by atoms with Gasteiger partial charge in [-0.2, -0.15) is 0 Å². The minimum Gasteiger partial charge on any atom is -0.497 e. The number of hydrogen-bond acceptors (Lipinski definition) is 7. The number of amides is 1. The Balaban J connectivity index is 0.000000659. The molecule has 226 valence electrons. The number of methoxy groups -OCH3 is 3. The van der Waals surface area contributed by atoms with Gasteiger partial charge in [-0.05, 0) is 74.2 Å². The summed E-state index contributed by atoms with van der Waals surface area (Å²) >= 11 is 1.76. The third kappa shape index (κ3) is 14.6. The molecule has 2 aliphatic rings. The van der Waals surface area contributed by atoms with Crippen molar-refractivity contribution in [3.63, 3.8) is 0 Å². The maximum atomic E-state index is 10.2. The van der Waals surface area contributed by atoms with Crippen LogP contribution in [0.4, 0.5) is 0 Å². The quantitative estimate of drug-likeness (QED) is 0.131. The van der Waals surface area contributed by atoms with E-state index >= 15 is 0 Å². The fourth-order valence-electron chi connectivity index (χ4n) is 4.82. The lowest BCUT2D eigenvalue weighted by Crippen LogP contribution is -2.40. The number of carbonyl (C=O) groups is 1. The van der Waals surface area contributed by atoms with Gasteiger partial charge in [0.15, 0.2) is 6.29 Å². The van der Waals surface area contributed by atoms with Crippen LogP contribution in [-0.4, -0.2) is 70.7 Å². The number of nitrogens with one attached hydrogen (secondary N) is 1. The second kappa shape index (κ2) is 23.2. The Morgan fingerprint density at radius 3 is 2.28 bits per heavy atom. The lowest BCUT2D eigenvalue weighted by Gasteiger charge is -2.37. The van der Waals surface area contributed by atoms with Crippen molar-refractivity contribution in [2.24, 2.45) is 23.7 Å². The molecule has 5 unspecified atom stereocenters. The fraction of sp³-hybridized carbons (Fsp3) is 0.710. The van der Waals surface area contributed by atoms with Crippen LogP contribution in [0.3, 0.4) is 0 Å². The maximum absolute atomic E-state index is 10.2. The summed E-state index contributed by atoms with van der Waals surface area (Å²) in [4.78, 5) is 11.4. The molecule has 1 aliphatic carbocycles. The summed E-state index contributed by atoms with van der Waals surface area (Å²) in [5.41, 5.74) is 0. The van der Waals surface area contributed by atoms with Crippen molar-refractivity contribution in [3.05, 3.63) is 36.9 Å². The second-order valence-corrected chi connectivity index (χ2v) is 11.1. The predicted molar refractivity (Wildman–Crippen MR) is 164 cm³/mol. The zero-order valence-corrected chi connectivity index (χ0v) is 26.8. The summed E-state index contributed by atoms with van der Waals surface area (Å²) < 4.78 is 24.0. The monoisotopic (exact) mass is 568 g/mol. The number of allylic oxidation sites excluding steroid dienone is 1. The number of carbonyl (C=O) groups excluding carboxylic acids is 1. The fourth-order valence-corrected chi connectivity index (χ4v) is 5.97. The Labute approximate surface area is 243 Å². The highest BCUT2D eigenvalue weighted by molar-refractivity contribution is 7.97. The van der Waals surface area contributed by atoms with Crippen molar-refractivity contribution in [2.45, 2.75) is 78.1 Å². The molecule has 8 heteroatoms. The van der Waals surface area contributed by atoms with E-state index in [4.69, 9.17) is 18.9 Å². The summed E-state index contributed by atoms with van der Waals surface area (Å²) in [6.45, 7) is 19.4. The molecule has 5 atom stereocenters. The van der Waals surface area contributed by atoms with Crippen LogP contribution >= 0.6 is 11.9 Å². The molecule has 3 rings (SSSR count). The summed E-state index contributed by atoms with van der Waals surface area (Å²) in [5, 5.41) is 2.70. The summed E-state index contributed by atoms with van der Waals surface area (Å²) in [6, 6.07) is 8.09. The van der Waals surface area contributed by atoms with Crippen LogP contribution in [0.15, 0.2) is 41.8 Å². The highest BCUT2D eigenvalue weighted by atomic mass is 32.2. The van der Waals surface area contributed by atoms with Gasteiger partial charge < -0.3 is 24.3 Å². The van der Waals surface area contributed by atoms with Crippen LogP contribution in [0.5, 0.6) is 5.75 Å². The average Bonchev–Trinajstić information content (AvgIpc) is 3.36. The Morgan fingerprint density at radius 2 is 1.77 bits per heavy atom. The molecule has 1 saturated carbocycles. The normalized spacial score (nSPS) is 23.2. The van der Waals surface area contributed by atoms with Gasteiger partial charge in [-0.25, -0.2) is 4.31 Å². The van der Waals surface area contributed by atoms with E-state index in [-0.39, 0.29) is 6.29 Å². The van der Waals surface area contributed by atoms with Crippen molar-refractivity contribution in [2.75, 3.05) is 47.6 Å². The van der Waals surface area contributed by atoms with E-state index in [2.05, 4.69) is 49.1 Å². The molecule has 39 heavy (non-hydrogen) atoms. The first-order chi connectivity index (χ1) is 18.8. The Kier molecular flexibility index (Phi) is 22.2. The molecule has 0 radical (unpaired) electrons. The van der Waals surface area contributed by atoms with Crippen LogP contribution in [0.2, 0.25) is 0 Å². The molecule has 0 spiro atoms. The largest absolute Gasteiger partial charge is 0.497 e. The van der Waals surface area contributed by atoms with Gasteiger partial charge in [0.1, 0.15) is 5.75 Å². The molecule has 1 N–H and O–H groups in total. The highest BCUT2D eigenvalue weighted by Gasteiger charge is 2.46. The third-order valence-electron chi connectivity index (χ3n) is 6.47. The number of hydrogen-bond donors (Lipinski definition) is 1. The highest BCUT2D eigenvalue weighted by Crippen LogP contribution is 2.42. The van der Waals surface area contributed by atoms with E-state index in [1.54, 1.807) is 32.2 Å². The van der Waals surface area contributed by atoms with Crippen LogP contribution < -0.4 is 10.1 Å². The first kappa shape index (κ1) is 37.4. The number of ether oxygens (including phenoxy) is 4. The predicted octanol–water partition coefficient (Wildman–Crippen LogP) is 6.68. The topological polar surface area (TPSA) is 69.3 Å². The number of nitrogens with zero attached hydrogens (tertiary/aromatic N) is 1. The third-order valence-corrected chi connectivity index (χ3v) is 7.54. The molecule has 1 heterocycles. The number of benzene rings is 1. The van der Waals surface area contributed by atoms with Gasteiger partial charge in [-0.3, -0.25) is 4.79 Å². The Morgan fingerprint density at radius 1 is 1.13 bits per heavy atom. The summed E-state index contributed by atoms with van der Waals surface area (Å²) in [5.74, 6) is 3.22. The SMILES string of the molecule is C=CC.CC.COC1OCC2C1CCC(C)C2OC.COc1ccc(SN(CCCNC=O)CC(C)C)cc1. The van der Waals surface area contributed by atoms with E-state index in [0.29, 0.717) is 29.8 Å². The lowest BCUT2D eigenvalue weighted by atomic mass is 9.73.